The fourth-order valence-corrected chi connectivity index (χ4v) is 3.71. The first-order chi connectivity index (χ1) is 15.0. The minimum Gasteiger partial charge on any atom is -0.391 e. The first-order valence-corrected chi connectivity index (χ1v) is 10.1. The summed E-state index contributed by atoms with van der Waals surface area (Å²) in [6.07, 6.45) is 3.16. The number of anilines is 3. The lowest BCUT2D eigenvalue weighted by molar-refractivity contribution is 0.0448. The van der Waals surface area contributed by atoms with Crippen molar-refractivity contribution in [1.29, 1.82) is 0 Å². The number of nitrogens with zero attached hydrogens (tertiary/aromatic N) is 4. The van der Waals surface area contributed by atoms with Gasteiger partial charge in [-0.1, -0.05) is 0 Å². The van der Waals surface area contributed by atoms with Gasteiger partial charge in [0.25, 0.3) is 11.5 Å². The number of carbonyl (C=O) groups excluding carboxylic acids is 1. The number of amides is 1. The highest BCUT2D eigenvalue weighted by Crippen LogP contribution is 2.37. The molecule has 3 aromatic heterocycles. The molecule has 4 atom stereocenters. The predicted octanol–water partition coefficient (Wildman–Crippen LogP) is 1.21. The van der Waals surface area contributed by atoms with Crippen molar-refractivity contribution in [2.24, 2.45) is 0 Å². The van der Waals surface area contributed by atoms with Crippen molar-refractivity contribution in [3.05, 3.63) is 46.5 Å². The lowest BCUT2D eigenvalue weighted by Gasteiger charge is -2.32. The number of hydrogen-bond donors (Lipinski definition) is 4. The molecule has 1 amide bonds. The summed E-state index contributed by atoms with van der Waals surface area (Å²) in [5, 5.41) is 22.7. The molecular formula is C20H22FN7O3. The molecule has 2 aliphatic rings. The van der Waals surface area contributed by atoms with Gasteiger partial charge in [-0.15, -0.1) is 0 Å². The van der Waals surface area contributed by atoms with Crippen LogP contribution in [0.1, 0.15) is 35.7 Å². The fraction of sp³-hybridized carbons (Fsp3) is 0.400. The Hall–Kier alpha value is -3.47. The van der Waals surface area contributed by atoms with Crippen LogP contribution in [0.4, 0.5) is 21.7 Å². The number of pyridine rings is 1. The number of carbonyl (C=O) groups is 1. The Balaban J connectivity index is 1.48. The molecule has 0 spiro atoms. The molecule has 11 heteroatoms. The van der Waals surface area contributed by atoms with Crippen LogP contribution in [-0.4, -0.2) is 55.5 Å². The minimum absolute atomic E-state index is 0.253. The van der Waals surface area contributed by atoms with Gasteiger partial charge < -0.3 is 25.6 Å². The van der Waals surface area contributed by atoms with Gasteiger partial charge in [0, 0.05) is 25.7 Å². The summed E-state index contributed by atoms with van der Waals surface area (Å²) in [4.78, 5) is 29.9. The molecule has 4 N–H and O–H groups in total. The van der Waals surface area contributed by atoms with Gasteiger partial charge in [0.15, 0.2) is 5.65 Å². The van der Waals surface area contributed by atoms with Crippen molar-refractivity contribution in [2.45, 2.75) is 43.6 Å². The summed E-state index contributed by atoms with van der Waals surface area (Å²) in [5.41, 5.74) is 0.459. The topological polar surface area (TPSA) is 126 Å². The Bertz CT molecular complexity index is 1220. The Morgan fingerprint density at radius 3 is 2.81 bits per heavy atom. The van der Waals surface area contributed by atoms with Gasteiger partial charge in [-0.3, -0.25) is 9.59 Å². The van der Waals surface area contributed by atoms with Gasteiger partial charge in [0.2, 0.25) is 0 Å². The number of alkyl halides is 1. The Morgan fingerprint density at radius 1 is 1.35 bits per heavy atom. The molecule has 0 saturated heterocycles. The number of fused-ring (bicyclic) bond motifs is 1. The van der Waals surface area contributed by atoms with Gasteiger partial charge in [-0.05, 0) is 25.0 Å². The summed E-state index contributed by atoms with van der Waals surface area (Å²) < 4.78 is 16.3. The smallest absolute Gasteiger partial charge is 0.274 e. The second-order valence-corrected chi connectivity index (χ2v) is 7.87. The summed E-state index contributed by atoms with van der Waals surface area (Å²) in [5.74, 6) is 0.505. The van der Waals surface area contributed by atoms with Crippen molar-refractivity contribution >= 4 is 28.9 Å². The van der Waals surface area contributed by atoms with Crippen molar-refractivity contribution < 1.29 is 14.3 Å². The zero-order chi connectivity index (χ0) is 21.7. The monoisotopic (exact) mass is 427 g/mol. The first-order valence-electron chi connectivity index (χ1n) is 10.1. The van der Waals surface area contributed by atoms with E-state index in [0.29, 0.717) is 30.1 Å². The van der Waals surface area contributed by atoms with Gasteiger partial charge in [0.05, 0.1) is 24.4 Å². The number of aliphatic hydroxyl groups is 1. The third-order valence-corrected chi connectivity index (χ3v) is 5.80. The Kier molecular flexibility index (Phi) is 4.62. The Labute approximate surface area is 176 Å². The molecule has 10 nitrogen and oxygen atoms in total. The highest BCUT2D eigenvalue weighted by molar-refractivity contribution is 6.00. The Morgan fingerprint density at radius 2 is 2.16 bits per heavy atom. The van der Waals surface area contributed by atoms with Gasteiger partial charge in [0.1, 0.15) is 29.1 Å². The molecule has 2 aliphatic carbocycles. The van der Waals surface area contributed by atoms with Crippen LogP contribution in [0.25, 0.3) is 5.65 Å². The van der Waals surface area contributed by atoms with Crippen LogP contribution < -0.4 is 21.5 Å². The summed E-state index contributed by atoms with van der Waals surface area (Å²) in [7, 11) is 1.70. The van der Waals surface area contributed by atoms with Crippen molar-refractivity contribution in [3.8, 4) is 0 Å². The van der Waals surface area contributed by atoms with Crippen molar-refractivity contribution in [3.63, 3.8) is 0 Å². The minimum atomic E-state index is -1.000. The van der Waals surface area contributed by atoms with Crippen LogP contribution in [0, 0.1) is 0 Å². The SMILES string of the molecule is CNc1cc(Nc2cccn([C@@H]3C[C@H]3F)c2=O)nc2c(C(=O)N[C@@H]3CC[C@@H]3O)cnn12. The summed E-state index contributed by atoms with van der Waals surface area (Å²) in [6.45, 7) is 0. The molecule has 0 unspecified atom stereocenters. The standard InChI is InChI=1S/C20H22FN7O3/c1-22-17-8-16(24-13-3-2-6-27(20(13)31)14-7-11(14)21)26-18-10(9-23-28(17)18)19(30)25-12-4-5-15(12)29/h2-3,6,8-9,11-12,14-15,22,29H,4-5,7H2,1H3,(H,24,26)(H,25,30)/t11-,12-,14-,15+/m1/s1. The number of aromatic nitrogens is 4. The average Bonchev–Trinajstić information content (AvgIpc) is 3.32. The lowest BCUT2D eigenvalue weighted by Crippen LogP contribution is -2.50. The number of aliphatic hydroxyl groups excluding tert-OH is 1. The summed E-state index contributed by atoms with van der Waals surface area (Å²) >= 11 is 0. The van der Waals surface area contributed by atoms with Crippen LogP contribution in [0.5, 0.6) is 0 Å². The van der Waals surface area contributed by atoms with E-state index in [0.717, 1.165) is 6.42 Å². The fourth-order valence-electron chi connectivity index (χ4n) is 3.71. The van der Waals surface area contributed by atoms with Crippen LogP contribution >= 0.6 is 0 Å². The van der Waals surface area contributed by atoms with E-state index < -0.39 is 18.3 Å². The number of rotatable bonds is 6. The van der Waals surface area contributed by atoms with E-state index in [2.05, 4.69) is 26.0 Å². The second-order valence-electron chi connectivity index (χ2n) is 7.87. The summed E-state index contributed by atoms with van der Waals surface area (Å²) in [6, 6.07) is 4.22. The molecule has 2 fully saturated rings. The normalized spacial score (nSPS) is 24.5. The van der Waals surface area contributed by atoms with E-state index in [-0.39, 0.29) is 28.8 Å². The van der Waals surface area contributed by atoms with Gasteiger partial charge in [-0.25, -0.2) is 9.37 Å². The van der Waals surface area contributed by atoms with Crippen LogP contribution in [0.15, 0.2) is 35.4 Å². The maximum atomic E-state index is 13.4. The second kappa shape index (κ2) is 7.34. The van der Waals surface area contributed by atoms with E-state index >= 15 is 0 Å². The number of halogens is 1. The van der Waals surface area contributed by atoms with E-state index in [1.165, 1.54) is 15.3 Å². The maximum absolute atomic E-state index is 13.4. The van der Waals surface area contributed by atoms with E-state index in [1.807, 2.05) is 0 Å². The lowest BCUT2D eigenvalue weighted by atomic mass is 9.89. The zero-order valence-corrected chi connectivity index (χ0v) is 16.7. The predicted molar refractivity (Wildman–Crippen MR) is 112 cm³/mol. The molecule has 0 aromatic carbocycles. The van der Waals surface area contributed by atoms with Crippen LogP contribution in [-0.2, 0) is 0 Å². The van der Waals surface area contributed by atoms with Gasteiger partial charge in [-0.2, -0.15) is 9.61 Å². The highest BCUT2D eigenvalue weighted by atomic mass is 19.1. The number of hydrogen-bond acceptors (Lipinski definition) is 7. The van der Waals surface area contributed by atoms with Gasteiger partial charge >= 0.3 is 0 Å². The largest absolute Gasteiger partial charge is 0.391 e. The quantitative estimate of drug-likeness (QED) is 0.466. The average molecular weight is 427 g/mol. The van der Waals surface area contributed by atoms with E-state index in [1.54, 1.807) is 31.4 Å². The molecule has 0 radical (unpaired) electrons. The molecule has 162 valence electrons. The molecule has 31 heavy (non-hydrogen) atoms. The third kappa shape index (κ3) is 3.40. The highest BCUT2D eigenvalue weighted by Gasteiger charge is 2.39. The molecule has 2 saturated carbocycles. The third-order valence-electron chi connectivity index (χ3n) is 5.80. The van der Waals surface area contributed by atoms with Crippen molar-refractivity contribution in [2.75, 3.05) is 17.7 Å². The maximum Gasteiger partial charge on any atom is 0.274 e. The molecule has 5 rings (SSSR count). The first kappa shape index (κ1) is 19.5. The zero-order valence-electron chi connectivity index (χ0n) is 16.7. The molecular weight excluding hydrogens is 405 g/mol. The molecule has 0 aliphatic heterocycles. The number of nitrogens with one attached hydrogen (secondary N) is 3. The van der Waals surface area contributed by atoms with Crippen LogP contribution in [0.2, 0.25) is 0 Å². The van der Waals surface area contributed by atoms with Crippen LogP contribution in [0.3, 0.4) is 0 Å². The van der Waals surface area contributed by atoms with E-state index in [9.17, 15) is 19.1 Å². The molecule has 0 bridgehead atoms. The molecule has 3 aromatic rings. The van der Waals surface area contributed by atoms with E-state index in [4.69, 9.17) is 0 Å². The molecule has 3 heterocycles. The van der Waals surface area contributed by atoms with Crippen molar-refractivity contribution in [1.82, 2.24) is 24.5 Å².